The normalized spacial score (nSPS) is 24.4. The number of carbonyl (C=O) groups is 2. The molecule has 1 saturated heterocycles. The van der Waals surface area contributed by atoms with Crippen LogP contribution in [0.1, 0.15) is 60.0 Å². The molecule has 2 amide bonds. The van der Waals surface area contributed by atoms with Crippen molar-refractivity contribution < 1.29 is 9.59 Å². The third kappa shape index (κ3) is 3.67. The molecule has 0 spiro atoms. The van der Waals surface area contributed by atoms with Gasteiger partial charge in [-0.15, -0.1) is 0 Å². The second-order valence-corrected chi connectivity index (χ2v) is 9.09. The van der Waals surface area contributed by atoms with E-state index in [1.807, 2.05) is 15.9 Å². The van der Waals surface area contributed by atoms with Crippen LogP contribution in [0.25, 0.3) is 0 Å². The van der Waals surface area contributed by atoms with E-state index in [9.17, 15) is 9.59 Å². The highest BCUT2D eigenvalue weighted by molar-refractivity contribution is 5.94. The first-order valence-electron chi connectivity index (χ1n) is 11.3. The lowest BCUT2D eigenvalue weighted by Crippen LogP contribution is -2.51. The van der Waals surface area contributed by atoms with Gasteiger partial charge in [0.1, 0.15) is 0 Å². The Morgan fingerprint density at radius 1 is 0.931 bits per heavy atom. The molecule has 154 valence electrons. The van der Waals surface area contributed by atoms with Crippen molar-refractivity contribution in [3.05, 3.63) is 47.2 Å². The lowest BCUT2D eigenvalue weighted by atomic mass is 9.87. The van der Waals surface area contributed by atoms with Crippen LogP contribution in [-0.4, -0.2) is 58.7 Å². The summed E-state index contributed by atoms with van der Waals surface area (Å²) < 4.78 is 0. The van der Waals surface area contributed by atoms with Gasteiger partial charge in [-0.3, -0.25) is 9.59 Å². The average molecular weight is 394 g/mol. The van der Waals surface area contributed by atoms with Gasteiger partial charge >= 0.3 is 0 Å². The van der Waals surface area contributed by atoms with Crippen molar-refractivity contribution >= 4 is 11.8 Å². The summed E-state index contributed by atoms with van der Waals surface area (Å²) in [6.45, 7) is 4.01. The number of piperazine rings is 1. The molecule has 1 unspecified atom stereocenters. The number of hydrogen-bond acceptors (Lipinski definition) is 3. The molecule has 1 aliphatic carbocycles. The van der Waals surface area contributed by atoms with Gasteiger partial charge in [0.2, 0.25) is 5.91 Å². The minimum atomic E-state index is 0.153. The Labute approximate surface area is 173 Å². The molecule has 2 fully saturated rings. The number of benzene rings is 1. The summed E-state index contributed by atoms with van der Waals surface area (Å²) in [7, 11) is 0. The van der Waals surface area contributed by atoms with Crippen LogP contribution in [-0.2, 0) is 17.8 Å². The van der Waals surface area contributed by atoms with Crippen molar-refractivity contribution in [2.24, 2.45) is 5.92 Å². The van der Waals surface area contributed by atoms with Gasteiger partial charge in [-0.2, -0.15) is 0 Å². The van der Waals surface area contributed by atoms with E-state index in [1.54, 1.807) is 0 Å². The van der Waals surface area contributed by atoms with Crippen molar-refractivity contribution in [1.29, 1.82) is 0 Å². The zero-order chi connectivity index (χ0) is 19.8. The molecular formula is C24H31N3O2. The third-order valence-electron chi connectivity index (χ3n) is 7.25. The van der Waals surface area contributed by atoms with Crippen LogP contribution in [0.5, 0.6) is 0 Å². The minimum absolute atomic E-state index is 0.153. The lowest BCUT2D eigenvalue weighted by Gasteiger charge is -2.38. The number of carbonyl (C=O) groups excluding carboxylic acids is 2. The van der Waals surface area contributed by atoms with Crippen molar-refractivity contribution in [3.63, 3.8) is 0 Å². The van der Waals surface area contributed by atoms with Crippen LogP contribution >= 0.6 is 0 Å². The molecule has 0 aromatic heterocycles. The molecule has 4 aliphatic rings. The molecule has 3 aliphatic heterocycles. The Balaban J connectivity index is 1.25. The van der Waals surface area contributed by atoms with E-state index in [2.05, 4.69) is 29.3 Å². The topological polar surface area (TPSA) is 43.9 Å². The molecule has 1 aromatic carbocycles. The zero-order valence-corrected chi connectivity index (χ0v) is 17.2. The molecule has 1 saturated carbocycles. The minimum Gasteiger partial charge on any atom is -0.371 e. The van der Waals surface area contributed by atoms with Crippen molar-refractivity contribution in [2.75, 3.05) is 26.2 Å². The molecule has 5 nitrogen and oxygen atoms in total. The van der Waals surface area contributed by atoms with Crippen molar-refractivity contribution in [2.45, 2.75) is 57.5 Å². The maximum absolute atomic E-state index is 13.1. The fraction of sp³-hybridized carbons (Fsp3) is 0.583. The quantitative estimate of drug-likeness (QED) is 0.775. The van der Waals surface area contributed by atoms with Gasteiger partial charge in [0.05, 0.1) is 0 Å². The highest BCUT2D eigenvalue weighted by atomic mass is 16.2. The summed E-state index contributed by atoms with van der Waals surface area (Å²) in [6.07, 6.45) is 12.0. The van der Waals surface area contributed by atoms with E-state index >= 15 is 0 Å². The maximum Gasteiger partial charge on any atom is 0.253 e. The molecule has 5 heteroatoms. The maximum atomic E-state index is 13.1. The van der Waals surface area contributed by atoms with Gasteiger partial charge in [0, 0.05) is 50.2 Å². The van der Waals surface area contributed by atoms with Gasteiger partial charge in [0.25, 0.3) is 5.91 Å². The van der Waals surface area contributed by atoms with E-state index in [1.165, 1.54) is 30.4 Å². The third-order valence-corrected chi connectivity index (χ3v) is 7.25. The molecule has 29 heavy (non-hydrogen) atoms. The number of amides is 2. The molecular weight excluding hydrogens is 362 g/mol. The van der Waals surface area contributed by atoms with Crippen LogP contribution in [0, 0.1) is 5.92 Å². The van der Waals surface area contributed by atoms with Gasteiger partial charge < -0.3 is 14.7 Å². The number of nitrogens with zero attached hydrogens (tertiary/aromatic N) is 3. The van der Waals surface area contributed by atoms with Gasteiger partial charge in [0.15, 0.2) is 0 Å². The summed E-state index contributed by atoms with van der Waals surface area (Å²) >= 11 is 0. The van der Waals surface area contributed by atoms with Crippen LogP contribution in [0.3, 0.4) is 0 Å². The summed E-state index contributed by atoms with van der Waals surface area (Å²) in [5.41, 5.74) is 3.25. The van der Waals surface area contributed by atoms with Crippen LogP contribution in [0.15, 0.2) is 30.5 Å². The van der Waals surface area contributed by atoms with Gasteiger partial charge in [-0.25, -0.2) is 0 Å². The Morgan fingerprint density at radius 2 is 1.79 bits per heavy atom. The standard InChI is InChI=1S/C24H31N3O2/c28-23(18-5-2-1-3-6-18)26-12-10-19-15-20(8-9-21(19)16-26)24(29)27-14-13-25-11-4-7-22(25)17-27/h4,8-9,11,15,18,22H,1-3,5-7,10,12-14,16-17H2. The van der Waals surface area contributed by atoms with E-state index in [-0.39, 0.29) is 11.8 Å². The second-order valence-electron chi connectivity index (χ2n) is 9.09. The zero-order valence-electron chi connectivity index (χ0n) is 17.2. The predicted molar refractivity (Wildman–Crippen MR) is 112 cm³/mol. The first-order chi connectivity index (χ1) is 14.2. The summed E-state index contributed by atoms with van der Waals surface area (Å²) in [5.74, 6) is 0.730. The Bertz CT molecular complexity index is 827. The van der Waals surface area contributed by atoms with Gasteiger partial charge in [-0.1, -0.05) is 31.4 Å². The molecule has 0 bridgehead atoms. The van der Waals surface area contributed by atoms with Gasteiger partial charge in [-0.05, 0) is 55.1 Å². The van der Waals surface area contributed by atoms with Crippen molar-refractivity contribution in [1.82, 2.24) is 14.7 Å². The molecule has 5 rings (SSSR count). The summed E-state index contributed by atoms with van der Waals surface area (Å²) in [4.78, 5) is 32.4. The first-order valence-corrected chi connectivity index (χ1v) is 11.3. The fourth-order valence-corrected chi connectivity index (χ4v) is 5.48. The van der Waals surface area contributed by atoms with E-state index < -0.39 is 0 Å². The Kier molecular flexibility index (Phi) is 5.06. The smallest absolute Gasteiger partial charge is 0.253 e. The number of fused-ring (bicyclic) bond motifs is 2. The van der Waals surface area contributed by atoms with Crippen molar-refractivity contribution in [3.8, 4) is 0 Å². The number of rotatable bonds is 2. The first kappa shape index (κ1) is 18.7. The molecule has 1 aromatic rings. The largest absolute Gasteiger partial charge is 0.371 e. The molecule has 3 heterocycles. The molecule has 0 N–H and O–H groups in total. The summed E-state index contributed by atoms with van der Waals surface area (Å²) in [6, 6.07) is 6.58. The second kappa shape index (κ2) is 7.85. The predicted octanol–water partition coefficient (Wildman–Crippen LogP) is 3.20. The highest BCUT2D eigenvalue weighted by Gasteiger charge is 2.31. The number of hydrogen-bond donors (Lipinski definition) is 0. The Morgan fingerprint density at radius 3 is 2.66 bits per heavy atom. The van der Waals surface area contributed by atoms with E-state index in [0.29, 0.717) is 18.5 Å². The molecule has 0 radical (unpaired) electrons. The average Bonchev–Trinajstić information content (AvgIpc) is 3.26. The highest BCUT2D eigenvalue weighted by Crippen LogP contribution is 2.29. The SMILES string of the molecule is O=C(c1ccc2c(c1)CCN(C(=O)C1CCCCC1)C2)N1CCN2C=CCC2C1. The van der Waals surface area contributed by atoms with Crippen LogP contribution < -0.4 is 0 Å². The van der Waals surface area contributed by atoms with Crippen LogP contribution in [0.2, 0.25) is 0 Å². The summed E-state index contributed by atoms with van der Waals surface area (Å²) in [5, 5.41) is 0. The monoisotopic (exact) mass is 393 g/mol. The Hall–Kier alpha value is -2.30. The van der Waals surface area contributed by atoms with E-state index in [0.717, 1.165) is 57.4 Å². The fourth-order valence-electron chi connectivity index (χ4n) is 5.48. The van der Waals surface area contributed by atoms with Crippen LogP contribution in [0.4, 0.5) is 0 Å². The lowest BCUT2D eigenvalue weighted by molar-refractivity contribution is -0.137. The van der Waals surface area contributed by atoms with E-state index in [4.69, 9.17) is 0 Å². The molecule has 1 atom stereocenters.